The van der Waals surface area contributed by atoms with Gasteiger partial charge in [0.05, 0.1) is 17.6 Å². The van der Waals surface area contributed by atoms with Gasteiger partial charge in [-0.15, -0.1) is 12.4 Å². The molecule has 0 radical (unpaired) electrons. The maximum absolute atomic E-state index is 4.53. The monoisotopic (exact) mass is 311 g/mol. The zero-order valence-electron chi connectivity index (χ0n) is 13.5. The van der Waals surface area contributed by atoms with Crippen LogP contribution >= 0.6 is 12.4 Å². The van der Waals surface area contributed by atoms with Crippen LogP contribution in [0.1, 0.15) is 45.0 Å². The number of hydrogen-bond donors (Lipinski definition) is 1. The summed E-state index contributed by atoms with van der Waals surface area (Å²) >= 11 is 0. The molecule has 0 atom stereocenters. The Morgan fingerprint density at radius 3 is 2.48 bits per heavy atom. The van der Waals surface area contributed by atoms with E-state index in [-0.39, 0.29) is 12.4 Å². The van der Waals surface area contributed by atoms with Crippen LogP contribution in [0.4, 0.5) is 5.69 Å². The number of aryl methyl sites for hydroxylation is 1. The molecule has 0 fully saturated rings. The lowest BCUT2D eigenvalue weighted by Crippen LogP contribution is -2.04. The first-order valence-electron chi connectivity index (χ1n) is 7.26. The number of nitrogens with zero attached hydrogens (tertiary/aromatic N) is 4. The van der Waals surface area contributed by atoms with Gasteiger partial charge in [0, 0.05) is 37.1 Å². The predicted octanol–water partition coefficient (Wildman–Crippen LogP) is 3.66. The van der Waals surface area contributed by atoms with Gasteiger partial charge in [0.25, 0.3) is 0 Å². The van der Waals surface area contributed by atoms with Gasteiger partial charge in [0.15, 0.2) is 0 Å². The third kappa shape index (κ3) is 4.77. The van der Waals surface area contributed by atoms with E-state index >= 15 is 0 Å². The van der Waals surface area contributed by atoms with Crippen molar-refractivity contribution in [1.29, 1.82) is 0 Å². The lowest BCUT2D eigenvalue weighted by molar-refractivity contribution is 0.481. The zero-order chi connectivity index (χ0) is 14.7. The molecule has 0 aliphatic rings. The van der Waals surface area contributed by atoms with Gasteiger partial charge in [-0.1, -0.05) is 13.8 Å². The van der Waals surface area contributed by atoms with E-state index in [0.717, 1.165) is 24.5 Å². The fourth-order valence-electron chi connectivity index (χ4n) is 2.11. The van der Waals surface area contributed by atoms with Crippen molar-refractivity contribution in [1.82, 2.24) is 19.6 Å². The maximum Gasteiger partial charge on any atom is 0.0825 e. The molecule has 0 spiro atoms. The highest BCUT2D eigenvalue weighted by Crippen LogP contribution is 2.15. The summed E-state index contributed by atoms with van der Waals surface area (Å²) in [6.45, 7) is 12.4. The van der Waals surface area contributed by atoms with Crippen molar-refractivity contribution < 1.29 is 0 Å². The summed E-state index contributed by atoms with van der Waals surface area (Å²) < 4.78 is 3.99. The molecule has 0 amide bonds. The summed E-state index contributed by atoms with van der Waals surface area (Å²) in [4.78, 5) is 0. The van der Waals surface area contributed by atoms with E-state index in [1.807, 2.05) is 22.5 Å². The van der Waals surface area contributed by atoms with Crippen molar-refractivity contribution >= 4 is 18.1 Å². The number of nitrogens with one attached hydrogen (secondary N) is 1. The molecular weight excluding hydrogens is 286 g/mol. The van der Waals surface area contributed by atoms with Crippen molar-refractivity contribution in [3.05, 3.63) is 29.8 Å². The summed E-state index contributed by atoms with van der Waals surface area (Å²) in [6, 6.07) is 0.402. The molecule has 2 aromatic rings. The Morgan fingerprint density at radius 1 is 1.19 bits per heavy atom. The number of hydrogen-bond acceptors (Lipinski definition) is 3. The average Bonchev–Trinajstić information content (AvgIpc) is 2.93. The third-order valence-corrected chi connectivity index (χ3v) is 3.17. The van der Waals surface area contributed by atoms with E-state index in [4.69, 9.17) is 0 Å². The van der Waals surface area contributed by atoms with E-state index in [0.29, 0.717) is 12.0 Å². The number of rotatable bonds is 6. The highest BCUT2D eigenvalue weighted by molar-refractivity contribution is 5.85. The number of anilines is 1. The van der Waals surface area contributed by atoms with Crippen molar-refractivity contribution in [2.24, 2.45) is 5.92 Å². The summed E-state index contributed by atoms with van der Waals surface area (Å²) in [5.74, 6) is 0.603. The van der Waals surface area contributed by atoms with Gasteiger partial charge in [-0.25, -0.2) is 0 Å². The standard InChI is InChI=1S/C15H25N5.ClH/c1-11(2)8-19-10-15(13(5)18-19)16-6-14-7-17-20(9-14)12(3)4;/h7,9-12,16H,6,8H2,1-5H3;1H. The summed E-state index contributed by atoms with van der Waals surface area (Å²) in [5, 5.41) is 12.3. The van der Waals surface area contributed by atoms with E-state index in [2.05, 4.69) is 55.6 Å². The minimum absolute atomic E-state index is 0. The second-order valence-electron chi connectivity index (χ2n) is 6.02. The Balaban J connectivity index is 0.00000220. The molecule has 21 heavy (non-hydrogen) atoms. The van der Waals surface area contributed by atoms with Crippen LogP contribution in [0.15, 0.2) is 18.6 Å². The molecule has 2 rings (SSSR count). The molecule has 0 aromatic carbocycles. The highest BCUT2D eigenvalue weighted by Gasteiger charge is 2.07. The van der Waals surface area contributed by atoms with Crippen LogP contribution < -0.4 is 5.32 Å². The molecule has 6 heteroatoms. The Kier molecular flexibility index (Phi) is 6.27. The predicted molar refractivity (Wildman–Crippen MR) is 89.0 cm³/mol. The zero-order valence-corrected chi connectivity index (χ0v) is 14.3. The van der Waals surface area contributed by atoms with E-state index in [1.165, 1.54) is 5.56 Å². The van der Waals surface area contributed by atoms with Gasteiger partial charge < -0.3 is 5.32 Å². The largest absolute Gasteiger partial charge is 0.378 e. The molecular formula is C15H26ClN5. The Bertz CT molecular complexity index is 556. The SMILES string of the molecule is Cc1nn(CC(C)C)cc1NCc1cnn(C(C)C)c1.Cl. The molecule has 0 saturated heterocycles. The summed E-state index contributed by atoms with van der Waals surface area (Å²) in [5.41, 5.74) is 3.33. The second kappa shape index (κ2) is 7.50. The molecule has 0 aliphatic carbocycles. The second-order valence-corrected chi connectivity index (χ2v) is 6.02. The van der Waals surface area contributed by atoms with Crippen molar-refractivity contribution in [3.8, 4) is 0 Å². The van der Waals surface area contributed by atoms with Gasteiger partial charge in [-0.2, -0.15) is 10.2 Å². The van der Waals surface area contributed by atoms with Crippen LogP contribution in [-0.4, -0.2) is 19.6 Å². The van der Waals surface area contributed by atoms with E-state index < -0.39 is 0 Å². The fourth-order valence-corrected chi connectivity index (χ4v) is 2.11. The van der Waals surface area contributed by atoms with Crippen LogP contribution in [0.2, 0.25) is 0 Å². The molecule has 2 heterocycles. The van der Waals surface area contributed by atoms with Crippen molar-refractivity contribution in [2.45, 2.75) is 53.8 Å². The van der Waals surface area contributed by atoms with E-state index in [1.54, 1.807) is 0 Å². The van der Waals surface area contributed by atoms with Crippen LogP contribution in [0.25, 0.3) is 0 Å². The smallest absolute Gasteiger partial charge is 0.0825 e. The first kappa shape index (κ1) is 17.6. The van der Waals surface area contributed by atoms with E-state index in [9.17, 15) is 0 Å². The van der Waals surface area contributed by atoms with Crippen molar-refractivity contribution in [2.75, 3.05) is 5.32 Å². The Morgan fingerprint density at radius 2 is 1.90 bits per heavy atom. The Labute approximate surface area is 133 Å². The van der Waals surface area contributed by atoms with Gasteiger partial charge in [0.2, 0.25) is 0 Å². The normalized spacial score (nSPS) is 11.0. The van der Waals surface area contributed by atoms with Crippen LogP contribution in [0.3, 0.4) is 0 Å². The lowest BCUT2D eigenvalue weighted by Gasteiger charge is -2.04. The molecule has 2 aromatic heterocycles. The molecule has 1 N–H and O–H groups in total. The minimum Gasteiger partial charge on any atom is -0.378 e. The molecule has 118 valence electrons. The molecule has 0 saturated carbocycles. The average molecular weight is 312 g/mol. The fraction of sp³-hybridized carbons (Fsp3) is 0.600. The lowest BCUT2D eigenvalue weighted by atomic mass is 10.2. The summed E-state index contributed by atoms with van der Waals surface area (Å²) in [7, 11) is 0. The minimum atomic E-state index is 0. The molecule has 5 nitrogen and oxygen atoms in total. The number of aromatic nitrogens is 4. The van der Waals surface area contributed by atoms with Gasteiger partial charge >= 0.3 is 0 Å². The molecule has 0 aliphatic heterocycles. The highest BCUT2D eigenvalue weighted by atomic mass is 35.5. The van der Waals surface area contributed by atoms with Gasteiger partial charge in [0.1, 0.15) is 0 Å². The number of halogens is 1. The maximum atomic E-state index is 4.53. The quantitative estimate of drug-likeness (QED) is 0.885. The third-order valence-electron chi connectivity index (χ3n) is 3.17. The van der Waals surface area contributed by atoms with Crippen molar-refractivity contribution in [3.63, 3.8) is 0 Å². The first-order valence-corrected chi connectivity index (χ1v) is 7.26. The Hall–Kier alpha value is -1.49. The molecule has 0 unspecified atom stereocenters. The summed E-state index contributed by atoms with van der Waals surface area (Å²) in [6.07, 6.45) is 6.09. The van der Waals surface area contributed by atoms with Gasteiger partial charge in [-0.05, 0) is 26.7 Å². The molecule has 0 bridgehead atoms. The van der Waals surface area contributed by atoms with Gasteiger partial charge in [-0.3, -0.25) is 9.36 Å². The topological polar surface area (TPSA) is 47.7 Å². The van der Waals surface area contributed by atoms with Crippen LogP contribution in [0, 0.1) is 12.8 Å². The van der Waals surface area contributed by atoms with Crippen LogP contribution in [-0.2, 0) is 13.1 Å². The van der Waals surface area contributed by atoms with Crippen LogP contribution in [0.5, 0.6) is 0 Å². The first-order chi connectivity index (χ1) is 9.45.